The molecular weight excluding hydrogens is 455 g/mol. The Balaban J connectivity index is 1.33. The zero-order chi connectivity index (χ0) is 25.1. The maximum Gasteiger partial charge on any atom is 0.340 e. The maximum absolute atomic E-state index is 15.4. The van der Waals surface area contributed by atoms with Gasteiger partial charge in [-0.25, -0.2) is 9.18 Å². The first-order valence-electron chi connectivity index (χ1n) is 12.2. The second kappa shape index (κ2) is 10.4. The Bertz CT molecular complexity index is 1380. The van der Waals surface area contributed by atoms with E-state index in [0.29, 0.717) is 18.0 Å². The van der Waals surface area contributed by atoms with Gasteiger partial charge >= 0.3 is 5.97 Å². The molecule has 0 bridgehead atoms. The Morgan fingerprint density at radius 1 is 1.03 bits per heavy atom. The molecule has 0 amide bonds. The summed E-state index contributed by atoms with van der Waals surface area (Å²) >= 11 is 0. The number of methoxy groups -OCH3 is 1. The topological polar surface area (TPSA) is 50.8 Å². The summed E-state index contributed by atoms with van der Waals surface area (Å²) in [5.74, 6) is -0.597. The SMILES string of the molecule is COC(=O)c1cccc(N2CC(CCN[C@H](C)c3cccc4ccccc34)Oc3ccccc32)c1F. The van der Waals surface area contributed by atoms with Gasteiger partial charge in [-0.3, -0.25) is 0 Å². The summed E-state index contributed by atoms with van der Waals surface area (Å²) in [6.07, 6.45) is 0.575. The van der Waals surface area contributed by atoms with Crippen LogP contribution in [0.3, 0.4) is 0 Å². The molecule has 5 nitrogen and oxygen atoms in total. The molecule has 0 saturated heterocycles. The normalized spacial score (nSPS) is 15.8. The third-order valence-electron chi connectivity index (χ3n) is 6.72. The molecule has 0 radical (unpaired) electrons. The van der Waals surface area contributed by atoms with Gasteiger partial charge < -0.3 is 19.7 Å². The summed E-state index contributed by atoms with van der Waals surface area (Å²) in [5, 5.41) is 6.10. The van der Waals surface area contributed by atoms with Crippen LogP contribution in [-0.4, -0.2) is 32.3 Å². The van der Waals surface area contributed by atoms with Crippen molar-refractivity contribution in [3.63, 3.8) is 0 Å². The number of anilines is 2. The number of carbonyl (C=O) groups is 1. The first kappa shape index (κ1) is 23.8. The van der Waals surface area contributed by atoms with E-state index in [1.165, 1.54) is 29.5 Å². The Morgan fingerprint density at radius 3 is 2.61 bits per heavy atom. The molecular formula is C30H29FN2O3. The van der Waals surface area contributed by atoms with Crippen LogP contribution < -0.4 is 15.0 Å². The fourth-order valence-electron chi connectivity index (χ4n) is 4.87. The van der Waals surface area contributed by atoms with Crippen LogP contribution in [0.5, 0.6) is 5.75 Å². The first-order valence-corrected chi connectivity index (χ1v) is 12.2. The van der Waals surface area contributed by atoms with Crippen LogP contribution in [-0.2, 0) is 4.74 Å². The Kier molecular flexibility index (Phi) is 6.87. The van der Waals surface area contributed by atoms with Gasteiger partial charge in [-0.15, -0.1) is 0 Å². The molecule has 0 aliphatic carbocycles. The zero-order valence-corrected chi connectivity index (χ0v) is 20.4. The van der Waals surface area contributed by atoms with Gasteiger partial charge in [-0.2, -0.15) is 0 Å². The molecule has 1 aliphatic rings. The molecule has 1 unspecified atom stereocenters. The third kappa shape index (κ3) is 4.64. The summed E-state index contributed by atoms with van der Waals surface area (Å²) < 4.78 is 26.4. The maximum atomic E-state index is 15.4. The fraction of sp³-hybridized carbons (Fsp3) is 0.233. The van der Waals surface area contributed by atoms with E-state index in [-0.39, 0.29) is 17.7 Å². The minimum Gasteiger partial charge on any atom is -0.486 e. The van der Waals surface area contributed by atoms with Crippen LogP contribution in [0.4, 0.5) is 15.8 Å². The summed E-state index contributed by atoms with van der Waals surface area (Å²) in [5.41, 5.74) is 2.27. The minimum atomic E-state index is -0.695. The van der Waals surface area contributed by atoms with Crippen LogP contribution in [0.15, 0.2) is 84.9 Å². The number of rotatable bonds is 7. The number of fused-ring (bicyclic) bond motifs is 2. The summed E-state index contributed by atoms with van der Waals surface area (Å²) in [6.45, 7) is 3.36. The number of nitrogens with one attached hydrogen (secondary N) is 1. The lowest BCUT2D eigenvalue weighted by Crippen LogP contribution is -2.39. The number of para-hydroxylation sites is 2. The Morgan fingerprint density at radius 2 is 1.75 bits per heavy atom. The summed E-state index contributed by atoms with van der Waals surface area (Å²) in [6, 6.07) is 27.3. The van der Waals surface area contributed by atoms with E-state index in [0.717, 1.165) is 18.7 Å². The molecule has 1 N–H and O–H groups in total. The van der Waals surface area contributed by atoms with Crippen molar-refractivity contribution in [1.29, 1.82) is 0 Å². The van der Waals surface area contributed by atoms with Crippen molar-refractivity contribution < 1.29 is 18.7 Å². The van der Waals surface area contributed by atoms with E-state index in [1.54, 1.807) is 12.1 Å². The molecule has 36 heavy (non-hydrogen) atoms. The molecule has 0 spiro atoms. The van der Waals surface area contributed by atoms with Gasteiger partial charge in [0, 0.05) is 6.04 Å². The van der Waals surface area contributed by atoms with E-state index in [9.17, 15) is 4.79 Å². The van der Waals surface area contributed by atoms with E-state index in [2.05, 4.69) is 54.7 Å². The minimum absolute atomic E-state index is 0.0823. The van der Waals surface area contributed by atoms with Crippen LogP contribution >= 0.6 is 0 Å². The van der Waals surface area contributed by atoms with Gasteiger partial charge in [0.15, 0.2) is 5.82 Å². The van der Waals surface area contributed by atoms with Crippen molar-refractivity contribution in [1.82, 2.24) is 5.32 Å². The highest BCUT2D eigenvalue weighted by atomic mass is 19.1. The van der Waals surface area contributed by atoms with Crippen LogP contribution in [0, 0.1) is 5.82 Å². The number of halogens is 1. The van der Waals surface area contributed by atoms with Gasteiger partial charge in [-0.1, -0.05) is 60.7 Å². The number of ether oxygens (including phenoxy) is 2. The fourth-order valence-corrected chi connectivity index (χ4v) is 4.87. The van der Waals surface area contributed by atoms with Gasteiger partial charge in [0.1, 0.15) is 11.9 Å². The van der Waals surface area contributed by atoms with Crippen LogP contribution in [0.2, 0.25) is 0 Å². The number of hydrogen-bond donors (Lipinski definition) is 1. The van der Waals surface area contributed by atoms with E-state index in [4.69, 9.17) is 9.47 Å². The number of benzene rings is 4. The number of hydrogen-bond acceptors (Lipinski definition) is 5. The van der Waals surface area contributed by atoms with E-state index in [1.807, 2.05) is 29.2 Å². The average molecular weight is 485 g/mol. The van der Waals surface area contributed by atoms with Crippen molar-refractivity contribution in [3.05, 3.63) is 102 Å². The molecule has 1 heterocycles. The molecule has 184 valence electrons. The molecule has 2 atom stereocenters. The molecule has 4 aromatic carbocycles. The Hall–Kier alpha value is -3.90. The molecule has 0 saturated carbocycles. The third-order valence-corrected chi connectivity index (χ3v) is 6.72. The smallest absolute Gasteiger partial charge is 0.340 e. The van der Waals surface area contributed by atoms with Crippen LogP contribution in [0.1, 0.15) is 35.3 Å². The number of esters is 1. The van der Waals surface area contributed by atoms with Crippen molar-refractivity contribution in [2.45, 2.75) is 25.5 Å². The standard InChI is InChI=1S/C30H29FN2O3/c1-20(23-12-7-10-21-9-3-4-11-24(21)23)32-18-17-22-19-33(26-14-5-6-16-28(26)36-22)27-15-8-13-25(29(27)31)30(34)35-2/h3-16,20,22,32H,17-19H2,1-2H3/t20-,22?/m1/s1. The Labute approximate surface area is 210 Å². The van der Waals surface area contributed by atoms with E-state index < -0.39 is 11.8 Å². The monoisotopic (exact) mass is 484 g/mol. The lowest BCUT2D eigenvalue weighted by atomic mass is 9.99. The van der Waals surface area contributed by atoms with Gasteiger partial charge in [0.25, 0.3) is 0 Å². The lowest BCUT2D eigenvalue weighted by molar-refractivity contribution is 0.0595. The first-order chi connectivity index (χ1) is 17.6. The predicted molar refractivity (Wildman–Crippen MR) is 141 cm³/mol. The largest absolute Gasteiger partial charge is 0.486 e. The molecule has 0 fully saturated rings. The molecule has 6 heteroatoms. The second-order valence-corrected chi connectivity index (χ2v) is 8.98. The highest BCUT2D eigenvalue weighted by molar-refractivity contribution is 5.91. The average Bonchev–Trinajstić information content (AvgIpc) is 2.92. The predicted octanol–water partition coefficient (Wildman–Crippen LogP) is 6.41. The quantitative estimate of drug-likeness (QED) is 0.308. The van der Waals surface area contributed by atoms with E-state index >= 15 is 4.39 Å². The molecule has 5 rings (SSSR count). The van der Waals surface area contributed by atoms with Crippen molar-refractivity contribution in [2.75, 3.05) is 25.1 Å². The van der Waals surface area contributed by atoms with Crippen molar-refractivity contribution in [3.8, 4) is 5.75 Å². The van der Waals surface area contributed by atoms with Crippen molar-refractivity contribution >= 4 is 28.1 Å². The zero-order valence-electron chi connectivity index (χ0n) is 20.4. The molecule has 4 aromatic rings. The highest BCUT2D eigenvalue weighted by Crippen LogP contribution is 2.40. The second-order valence-electron chi connectivity index (χ2n) is 8.98. The van der Waals surface area contributed by atoms with Gasteiger partial charge in [0.05, 0.1) is 30.6 Å². The summed E-state index contributed by atoms with van der Waals surface area (Å²) in [7, 11) is 1.25. The molecule has 1 aliphatic heterocycles. The van der Waals surface area contributed by atoms with Gasteiger partial charge in [-0.05, 0) is 60.5 Å². The number of carbonyl (C=O) groups excluding carboxylic acids is 1. The van der Waals surface area contributed by atoms with Gasteiger partial charge in [0.2, 0.25) is 0 Å². The number of nitrogens with zero attached hydrogens (tertiary/aromatic N) is 1. The van der Waals surface area contributed by atoms with Crippen LogP contribution in [0.25, 0.3) is 10.8 Å². The highest BCUT2D eigenvalue weighted by Gasteiger charge is 2.29. The molecule has 0 aromatic heterocycles. The van der Waals surface area contributed by atoms with Crippen molar-refractivity contribution in [2.24, 2.45) is 0 Å². The lowest BCUT2D eigenvalue weighted by Gasteiger charge is -2.37. The summed E-state index contributed by atoms with van der Waals surface area (Å²) in [4.78, 5) is 14.0.